The monoisotopic (exact) mass is 178 g/mol. The normalized spacial score (nSPS) is 1.50. The van der Waals surface area contributed by atoms with E-state index >= 15 is 0 Å². The fraction of sp³-hybridized carbons (Fsp3) is 1.00. The van der Waals surface area contributed by atoms with Gasteiger partial charge in [-0.15, -0.1) is 24.0 Å². The summed E-state index contributed by atoms with van der Waals surface area (Å²) in [5.41, 5.74) is 0. The van der Waals surface area contributed by atoms with Crippen molar-refractivity contribution in [1.82, 2.24) is 0 Å². The van der Waals surface area contributed by atoms with E-state index in [9.17, 15) is 0 Å². The van der Waals surface area contributed by atoms with Crippen LogP contribution in [0.3, 0.4) is 0 Å². The Balaban J connectivity index is -0.00000000500. The molecule has 2 heteroatoms. The van der Waals surface area contributed by atoms with E-state index in [-0.39, 0.29) is 28.7 Å². The fourth-order valence-electron chi connectivity index (χ4n) is 0. The predicted octanol–water partition coefficient (Wildman–Crippen LogP) is 1.80. The highest BCUT2D eigenvalue weighted by atomic mass is 127. The highest BCUT2D eigenvalue weighted by molar-refractivity contribution is 14.0. The van der Waals surface area contributed by atoms with Gasteiger partial charge in [0.1, 0.15) is 0 Å². The molecule has 0 heterocycles. The lowest BCUT2D eigenvalue weighted by molar-refractivity contribution is 1.11. The standard InChI is InChI=1S/C2H6.FH.HI/c1-2;;/h1-2H3;2*1H. The molecule has 0 aliphatic rings. The first-order chi connectivity index (χ1) is 1.00. The van der Waals surface area contributed by atoms with E-state index in [4.69, 9.17) is 0 Å². The molecule has 0 spiro atoms. The van der Waals surface area contributed by atoms with Gasteiger partial charge in [-0.2, -0.15) is 0 Å². The van der Waals surface area contributed by atoms with E-state index in [0.717, 1.165) is 0 Å². The largest absolute Gasteiger partial charge is 0.269 e. The first-order valence-corrected chi connectivity index (χ1v) is 1.00. The molecule has 0 radical (unpaired) electrons. The molecule has 0 aliphatic heterocycles. The molecule has 0 fully saturated rings. The first-order valence-electron chi connectivity index (χ1n) is 1.00. The van der Waals surface area contributed by atoms with Crippen molar-refractivity contribution in [3.05, 3.63) is 0 Å². The van der Waals surface area contributed by atoms with Crippen molar-refractivity contribution in [2.45, 2.75) is 13.8 Å². The molecule has 0 saturated heterocycles. The summed E-state index contributed by atoms with van der Waals surface area (Å²) < 4.78 is 0. The van der Waals surface area contributed by atoms with E-state index in [1.165, 1.54) is 0 Å². The van der Waals surface area contributed by atoms with Gasteiger partial charge in [0.15, 0.2) is 0 Å². The van der Waals surface area contributed by atoms with Crippen LogP contribution in [0.25, 0.3) is 0 Å². The van der Waals surface area contributed by atoms with Crippen LogP contribution in [0.4, 0.5) is 4.70 Å². The van der Waals surface area contributed by atoms with Crippen molar-refractivity contribution < 1.29 is 4.70 Å². The lowest BCUT2D eigenvalue weighted by Gasteiger charge is -1.07. The topological polar surface area (TPSA) is 0 Å². The molecule has 0 aliphatic carbocycles. The molecule has 0 aromatic carbocycles. The minimum atomic E-state index is 0. The highest BCUT2D eigenvalue weighted by Crippen LogP contribution is 1.14. The van der Waals surface area contributed by atoms with Gasteiger partial charge in [0.05, 0.1) is 0 Å². The van der Waals surface area contributed by atoms with E-state index in [2.05, 4.69) is 0 Å². The summed E-state index contributed by atoms with van der Waals surface area (Å²) in [4.78, 5) is 0. The molecule has 0 rings (SSSR count). The molecule has 0 nitrogen and oxygen atoms in total. The first kappa shape index (κ1) is 22.7. The zero-order valence-corrected chi connectivity index (χ0v) is 5.15. The maximum Gasteiger partial charge on any atom is -0.0683 e. The summed E-state index contributed by atoms with van der Waals surface area (Å²) in [6, 6.07) is 0. The summed E-state index contributed by atoms with van der Waals surface area (Å²) in [5, 5.41) is 0. The fourth-order valence-corrected chi connectivity index (χ4v) is 0. The maximum atomic E-state index is 2.00. The zero-order chi connectivity index (χ0) is 2.00. The minimum absolute atomic E-state index is 0. The summed E-state index contributed by atoms with van der Waals surface area (Å²) >= 11 is 0. The van der Waals surface area contributed by atoms with E-state index in [1.807, 2.05) is 13.8 Å². The minimum Gasteiger partial charge on any atom is -0.269 e. The van der Waals surface area contributed by atoms with Crippen LogP contribution in [0.5, 0.6) is 0 Å². The van der Waals surface area contributed by atoms with Crippen molar-refractivity contribution in [2.24, 2.45) is 0 Å². The number of rotatable bonds is 0. The molecule has 0 unspecified atom stereocenters. The molecule has 0 N–H and O–H groups in total. The van der Waals surface area contributed by atoms with Crippen molar-refractivity contribution in [1.29, 1.82) is 0 Å². The zero-order valence-electron chi connectivity index (χ0n) is 2.82. The Kier molecular flexibility index (Phi) is 337. The van der Waals surface area contributed by atoms with Crippen LogP contribution in [0.2, 0.25) is 0 Å². The lowest BCUT2D eigenvalue weighted by atomic mass is 11.0. The van der Waals surface area contributed by atoms with Gasteiger partial charge in [-0.25, -0.2) is 0 Å². The lowest BCUT2D eigenvalue weighted by Crippen LogP contribution is -0.856. The summed E-state index contributed by atoms with van der Waals surface area (Å²) in [7, 11) is 0. The van der Waals surface area contributed by atoms with Crippen molar-refractivity contribution in [3.63, 3.8) is 0 Å². The average molecular weight is 178 g/mol. The third-order valence-corrected chi connectivity index (χ3v) is 0. The van der Waals surface area contributed by atoms with Crippen molar-refractivity contribution >= 4 is 24.0 Å². The Morgan fingerprint density at radius 2 is 1.00 bits per heavy atom. The van der Waals surface area contributed by atoms with Crippen LogP contribution in [0, 0.1) is 0 Å². The highest BCUT2D eigenvalue weighted by Gasteiger charge is 0.932. The Morgan fingerprint density at radius 1 is 1.00 bits per heavy atom. The van der Waals surface area contributed by atoms with Crippen LogP contribution in [0.15, 0.2) is 0 Å². The van der Waals surface area contributed by atoms with Gasteiger partial charge in [-0.1, -0.05) is 13.8 Å². The van der Waals surface area contributed by atoms with Crippen LogP contribution in [-0.2, 0) is 0 Å². The molecule has 30 valence electrons. The Hall–Kier alpha value is 0.660. The second kappa shape index (κ2) is 59.5. The number of hydrogen-bond donors (Lipinski definition) is 0. The van der Waals surface area contributed by atoms with Crippen LogP contribution >= 0.6 is 24.0 Å². The van der Waals surface area contributed by atoms with Crippen LogP contribution in [0.1, 0.15) is 13.8 Å². The maximum absolute atomic E-state index is 2.00. The molecular formula is C2H8FI. The number of halogens is 2. The molecule has 0 aromatic rings. The molecule has 0 saturated carbocycles. The van der Waals surface area contributed by atoms with Gasteiger partial charge >= 0.3 is 0 Å². The van der Waals surface area contributed by atoms with Crippen molar-refractivity contribution in [3.8, 4) is 0 Å². The van der Waals surface area contributed by atoms with Gasteiger partial charge in [-0.05, 0) is 0 Å². The SMILES string of the molecule is CC.F.I. The van der Waals surface area contributed by atoms with E-state index in [0.29, 0.717) is 0 Å². The van der Waals surface area contributed by atoms with Crippen LogP contribution < -0.4 is 0 Å². The van der Waals surface area contributed by atoms with Gasteiger partial charge in [-0.3, -0.25) is 4.70 Å². The van der Waals surface area contributed by atoms with Gasteiger partial charge in [0.2, 0.25) is 0 Å². The van der Waals surface area contributed by atoms with E-state index < -0.39 is 0 Å². The molecule has 0 atom stereocenters. The quantitative estimate of drug-likeness (QED) is 0.496. The van der Waals surface area contributed by atoms with Gasteiger partial charge < -0.3 is 0 Å². The van der Waals surface area contributed by atoms with Crippen molar-refractivity contribution in [2.75, 3.05) is 0 Å². The predicted molar refractivity (Wildman–Crippen MR) is 29.3 cm³/mol. The van der Waals surface area contributed by atoms with Gasteiger partial charge in [0.25, 0.3) is 0 Å². The summed E-state index contributed by atoms with van der Waals surface area (Å²) in [6.07, 6.45) is 0. The number of hydrogen-bond acceptors (Lipinski definition) is 0. The molecule has 0 aromatic heterocycles. The molecule has 0 bridgehead atoms. The third kappa shape index (κ3) is 16.8. The summed E-state index contributed by atoms with van der Waals surface area (Å²) in [6.45, 7) is 4.00. The third-order valence-electron chi connectivity index (χ3n) is 0. The Labute approximate surface area is 43.0 Å². The molecule has 0 amide bonds. The second-order valence-corrected chi connectivity index (χ2v) is 0. The Bertz CT molecular complexity index is 6.00. The second-order valence-electron chi connectivity index (χ2n) is 0. The smallest absolute Gasteiger partial charge is 0.0683 e. The molecular weight excluding hydrogens is 170 g/mol. The van der Waals surface area contributed by atoms with E-state index in [1.54, 1.807) is 0 Å². The average Bonchev–Trinajstić information content (AvgIpc) is 1.00. The van der Waals surface area contributed by atoms with Crippen LogP contribution in [-0.4, -0.2) is 0 Å². The van der Waals surface area contributed by atoms with Gasteiger partial charge in [0, 0.05) is 0 Å². The molecule has 4 heavy (non-hydrogen) atoms. The summed E-state index contributed by atoms with van der Waals surface area (Å²) in [5.74, 6) is 0. The Morgan fingerprint density at radius 3 is 1.00 bits per heavy atom.